The van der Waals surface area contributed by atoms with Gasteiger partial charge in [0.15, 0.2) is 4.88 Å². The van der Waals surface area contributed by atoms with E-state index >= 15 is 0 Å². The van der Waals surface area contributed by atoms with Crippen molar-refractivity contribution in [1.29, 1.82) is 0 Å². The number of hydrogen-bond acceptors (Lipinski definition) is 6. The van der Waals surface area contributed by atoms with E-state index in [4.69, 9.17) is 4.74 Å². The van der Waals surface area contributed by atoms with Crippen LogP contribution in [0.2, 0.25) is 0 Å². The summed E-state index contributed by atoms with van der Waals surface area (Å²) in [7, 11) is 0. The van der Waals surface area contributed by atoms with Gasteiger partial charge in [-0.2, -0.15) is 0 Å². The number of carbonyl (C=O) groups is 1. The maximum absolute atomic E-state index is 11.6. The van der Waals surface area contributed by atoms with Crippen LogP contribution < -0.4 is 0 Å². The topological polar surface area (TPSA) is 52.1 Å². The second-order valence-electron chi connectivity index (χ2n) is 2.82. The van der Waals surface area contributed by atoms with Crippen molar-refractivity contribution in [2.75, 3.05) is 6.61 Å². The molecule has 0 aliphatic carbocycles. The van der Waals surface area contributed by atoms with E-state index in [-0.39, 0.29) is 6.61 Å². The quantitative estimate of drug-likeness (QED) is 0.620. The summed E-state index contributed by atoms with van der Waals surface area (Å²) in [5.41, 5.74) is 0.592. The molecule has 0 radical (unpaired) electrons. The van der Waals surface area contributed by atoms with E-state index in [1.54, 1.807) is 0 Å². The molecule has 0 saturated heterocycles. The van der Waals surface area contributed by atoms with Gasteiger partial charge in [-0.25, -0.2) is 4.79 Å². The molecule has 2 aromatic rings. The van der Waals surface area contributed by atoms with Crippen LogP contribution in [-0.2, 0) is 4.74 Å². The zero-order chi connectivity index (χ0) is 11.4. The summed E-state index contributed by atoms with van der Waals surface area (Å²) < 4.78 is 8.73. The Morgan fingerprint density at radius 2 is 2.50 bits per heavy atom. The van der Waals surface area contributed by atoms with Crippen molar-refractivity contribution < 1.29 is 9.53 Å². The molecule has 0 amide bonds. The molecule has 0 N–H and O–H groups in total. The van der Waals surface area contributed by atoms with Crippen LogP contribution in [0.15, 0.2) is 30.2 Å². The number of ether oxygens (including phenoxy) is 1. The minimum atomic E-state index is -0.404. The molecule has 2 heterocycles. The van der Waals surface area contributed by atoms with Gasteiger partial charge < -0.3 is 4.74 Å². The number of rotatable bonds is 4. The van der Waals surface area contributed by atoms with Gasteiger partial charge in [0.2, 0.25) is 0 Å². The van der Waals surface area contributed by atoms with Crippen molar-refractivity contribution in [3.63, 3.8) is 0 Å². The number of nitrogens with zero attached hydrogens (tertiary/aromatic N) is 2. The van der Waals surface area contributed by atoms with Crippen molar-refractivity contribution in [3.05, 3.63) is 35.0 Å². The zero-order valence-electron chi connectivity index (χ0n) is 8.25. The van der Waals surface area contributed by atoms with E-state index in [2.05, 4.69) is 16.2 Å². The number of esters is 1. The van der Waals surface area contributed by atoms with Gasteiger partial charge in [-0.3, -0.25) is 0 Å². The Labute approximate surface area is 100 Å². The molecule has 0 aromatic carbocycles. The molecule has 0 saturated carbocycles. The van der Waals surface area contributed by atoms with Crippen LogP contribution in [0.4, 0.5) is 0 Å². The van der Waals surface area contributed by atoms with E-state index in [0.29, 0.717) is 10.6 Å². The Morgan fingerprint density at radius 3 is 3.19 bits per heavy atom. The van der Waals surface area contributed by atoms with Crippen LogP contribution in [0.5, 0.6) is 0 Å². The van der Waals surface area contributed by atoms with Gasteiger partial charge in [-0.1, -0.05) is 23.2 Å². The average molecular weight is 252 g/mol. The second-order valence-corrected chi connectivity index (χ2v) is 4.52. The van der Waals surface area contributed by atoms with Gasteiger partial charge in [-0.05, 0) is 23.0 Å². The molecule has 16 heavy (non-hydrogen) atoms. The lowest BCUT2D eigenvalue weighted by molar-refractivity contribution is 0.0556. The van der Waals surface area contributed by atoms with Crippen molar-refractivity contribution in [2.45, 2.75) is 0 Å². The number of thiophene rings is 1. The van der Waals surface area contributed by atoms with Crippen molar-refractivity contribution in [1.82, 2.24) is 9.59 Å². The Morgan fingerprint density at radius 1 is 1.62 bits per heavy atom. The minimum absolute atomic E-state index is 0.195. The van der Waals surface area contributed by atoms with Gasteiger partial charge >= 0.3 is 5.97 Å². The maximum Gasteiger partial charge on any atom is 0.352 e. The summed E-state index contributed by atoms with van der Waals surface area (Å²) in [6.45, 7) is 3.68. The van der Waals surface area contributed by atoms with Crippen LogP contribution in [-0.4, -0.2) is 22.2 Å². The fourth-order valence-electron chi connectivity index (χ4n) is 1.10. The summed E-state index contributed by atoms with van der Waals surface area (Å²) in [6, 6.07) is 3.80. The molecule has 0 unspecified atom stereocenters. The molecule has 0 aliphatic rings. The van der Waals surface area contributed by atoms with Gasteiger partial charge in [0, 0.05) is 0 Å². The predicted octanol–water partition coefficient (Wildman–Crippen LogP) is 2.61. The summed E-state index contributed by atoms with van der Waals surface area (Å²) in [5, 5.41) is 5.86. The molecule has 4 nitrogen and oxygen atoms in total. The van der Waals surface area contributed by atoms with Crippen LogP contribution in [0, 0.1) is 0 Å². The zero-order valence-corrected chi connectivity index (χ0v) is 9.88. The van der Waals surface area contributed by atoms with Crippen LogP contribution >= 0.6 is 22.9 Å². The largest absolute Gasteiger partial charge is 0.457 e. The number of aromatic nitrogens is 2. The summed E-state index contributed by atoms with van der Waals surface area (Å²) in [4.78, 5) is 13.0. The first kappa shape index (κ1) is 11.0. The summed E-state index contributed by atoms with van der Waals surface area (Å²) >= 11 is 2.56. The Bertz CT molecular complexity index is 491. The summed E-state index contributed by atoms with van der Waals surface area (Å²) in [6.07, 6.45) is 1.52. The standard InChI is InChI=1S/C10H8N2O2S2/c1-2-5-14-10(13)9-8(11-12-16-9)7-4-3-6-15-7/h2-4,6H,1,5H2. The monoisotopic (exact) mass is 252 g/mol. The smallest absolute Gasteiger partial charge is 0.352 e. The van der Waals surface area contributed by atoms with E-state index in [1.807, 2.05) is 17.5 Å². The van der Waals surface area contributed by atoms with Crippen LogP contribution in [0.25, 0.3) is 10.6 Å². The Balaban J connectivity index is 2.26. The van der Waals surface area contributed by atoms with Crippen LogP contribution in [0.1, 0.15) is 9.67 Å². The average Bonchev–Trinajstić information content (AvgIpc) is 2.94. The van der Waals surface area contributed by atoms with E-state index in [0.717, 1.165) is 16.4 Å². The Hall–Kier alpha value is -1.53. The van der Waals surface area contributed by atoms with E-state index < -0.39 is 5.97 Å². The molecule has 0 atom stereocenters. The fraction of sp³-hybridized carbons (Fsp3) is 0.100. The lowest BCUT2D eigenvalue weighted by Gasteiger charge is -1.99. The molecule has 6 heteroatoms. The molecular weight excluding hydrogens is 244 g/mol. The lowest BCUT2D eigenvalue weighted by Crippen LogP contribution is -2.04. The van der Waals surface area contributed by atoms with Gasteiger partial charge in [0.05, 0.1) is 4.88 Å². The van der Waals surface area contributed by atoms with Gasteiger partial charge in [0.25, 0.3) is 0 Å². The second kappa shape index (κ2) is 5.00. The van der Waals surface area contributed by atoms with E-state index in [9.17, 15) is 4.79 Å². The number of carbonyl (C=O) groups excluding carboxylic acids is 1. The first-order chi connectivity index (χ1) is 7.83. The third-order valence-electron chi connectivity index (χ3n) is 1.76. The van der Waals surface area contributed by atoms with Crippen molar-refractivity contribution in [2.24, 2.45) is 0 Å². The molecule has 0 aliphatic heterocycles. The van der Waals surface area contributed by atoms with Crippen molar-refractivity contribution >= 4 is 28.8 Å². The number of hydrogen-bond donors (Lipinski definition) is 0. The maximum atomic E-state index is 11.6. The molecular formula is C10H8N2O2S2. The predicted molar refractivity (Wildman–Crippen MR) is 63.7 cm³/mol. The van der Waals surface area contributed by atoms with Gasteiger partial charge in [0.1, 0.15) is 12.3 Å². The highest BCUT2D eigenvalue weighted by molar-refractivity contribution is 7.14. The highest BCUT2D eigenvalue weighted by atomic mass is 32.1. The van der Waals surface area contributed by atoms with Crippen molar-refractivity contribution in [3.8, 4) is 10.6 Å². The third kappa shape index (κ3) is 2.17. The van der Waals surface area contributed by atoms with Gasteiger partial charge in [-0.15, -0.1) is 16.4 Å². The lowest BCUT2D eigenvalue weighted by atomic mass is 10.3. The third-order valence-corrected chi connectivity index (χ3v) is 3.34. The highest BCUT2D eigenvalue weighted by Crippen LogP contribution is 2.28. The minimum Gasteiger partial charge on any atom is -0.457 e. The molecule has 0 bridgehead atoms. The molecule has 2 rings (SSSR count). The molecule has 82 valence electrons. The SMILES string of the molecule is C=CCOC(=O)c1snnc1-c1cccs1. The first-order valence-electron chi connectivity index (χ1n) is 4.47. The normalized spacial score (nSPS) is 10.0. The molecule has 0 spiro atoms. The van der Waals surface area contributed by atoms with Crippen LogP contribution in [0.3, 0.4) is 0 Å². The Kier molecular flexibility index (Phi) is 3.43. The fourth-order valence-corrected chi connectivity index (χ4v) is 2.45. The first-order valence-corrected chi connectivity index (χ1v) is 6.12. The highest BCUT2D eigenvalue weighted by Gasteiger charge is 2.19. The molecule has 2 aromatic heterocycles. The summed E-state index contributed by atoms with van der Waals surface area (Å²) in [5.74, 6) is -0.404. The molecule has 0 fully saturated rings. The van der Waals surface area contributed by atoms with E-state index in [1.165, 1.54) is 17.4 Å².